The zero-order valence-corrected chi connectivity index (χ0v) is 10.5. The van der Waals surface area contributed by atoms with Crippen LogP contribution in [0.5, 0.6) is 0 Å². The van der Waals surface area contributed by atoms with Crippen LogP contribution in [0.15, 0.2) is 60.7 Å². The third-order valence-corrected chi connectivity index (χ3v) is 4.37. The smallest absolute Gasteiger partial charge is 0.205 e. The molecule has 0 fully saturated rings. The molecule has 2 aromatic rings. The predicted octanol–water partition coefficient (Wildman–Crippen LogP) is 2.55. The maximum Gasteiger partial charge on any atom is 0.205 e. The molecule has 1 N–H and O–H groups in total. The van der Waals surface area contributed by atoms with Crippen molar-refractivity contribution in [3.63, 3.8) is 0 Å². The average molecular weight is 250 g/mol. The van der Waals surface area contributed by atoms with Gasteiger partial charge in [0.25, 0.3) is 0 Å². The topological polar surface area (TPSA) is 29.5 Å². The first kappa shape index (κ1) is 11.7. The van der Waals surface area contributed by atoms with Gasteiger partial charge in [0.2, 0.25) is 8.38 Å². The van der Waals surface area contributed by atoms with Crippen LogP contribution in [0.1, 0.15) is 0 Å². The summed E-state index contributed by atoms with van der Waals surface area (Å²) in [6, 6.07) is 19.4. The Hall–Kier alpha value is -0.780. The first-order chi connectivity index (χ1) is 7.86. The first-order valence-corrected chi connectivity index (χ1v) is 7.00. The predicted molar refractivity (Wildman–Crippen MR) is 70.7 cm³/mol. The SMILES string of the molecule is OP(OPc1ccccc1)c1ccccc1. The summed E-state index contributed by atoms with van der Waals surface area (Å²) < 4.78 is 5.46. The minimum atomic E-state index is -1.49. The molecule has 0 saturated carbocycles. The summed E-state index contributed by atoms with van der Waals surface area (Å²) in [4.78, 5) is 9.83. The summed E-state index contributed by atoms with van der Waals surface area (Å²) in [6.45, 7) is 0. The molecular weight excluding hydrogens is 238 g/mol. The van der Waals surface area contributed by atoms with Crippen LogP contribution in [0.25, 0.3) is 0 Å². The fourth-order valence-electron chi connectivity index (χ4n) is 1.21. The summed E-state index contributed by atoms with van der Waals surface area (Å²) in [6.07, 6.45) is 0. The standard InChI is InChI=1S/C12H12O2P2/c13-16(12-9-5-2-6-10-12)14-15-11-7-3-1-4-8-11/h1-10,13,15H. The normalized spacial score (nSPS) is 13.1. The lowest BCUT2D eigenvalue weighted by atomic mass is 10.4. The molecular formula is C12H12O2P2. The van der Waals surface area contributed by atoms with Crippen LogP contribution in [-0.2, 0) is 4.31 Å². The van der Waals surface area contributed by atoms with E-state index in [1.807, 2.05) is 60.7 Å². The summed E-state index contributed by atoms with van der Waals surface area (Å²) in [5.74, 6) is 0. The van der Waals surface area contributed by atoms with Crippen LogP contribution >= 0.6 is 17.2 Å². The third kappa shape index (κ3) is 3.37. The second-order valence-electron chi connectivity index (χ2n) is 3.17. The van der Waals surface area contributed by atoms with Gasteiger partial charge in [0, 0.05) is 5.30 Å². The van der Waals surface area contributed by atoms with E-state index in [0.717, 1.165) is 10.6 Å². The van der Waals surface area contributed by atoms with E-state index in [9.17, 15) is 4.89 Å². The molecule has 16 heavy (non-hydrogen) atoms. The molecule has 0 amide bonds. The van der Waals surface area contributed by atoms with Crippen LogP contribution in [0.3, 0.4) is 0 Å². The van der Waals surface area contributed by atoms with Crippen LogP contribution < -0.4 is 10.6 Å². The Bertz CT molecular complexity index is 420. The van der Waals surface area contributed by atoms with E-state index >= 15 is 0 Å². The maximum absolute atomic E-state index is 9.83. The van der Waals surface area contributed by atoms with E-state index in [-0.39, 0.29) is 8.81 Å². The molecule has 0 aliphatic rings. The lowest BCUT2D eigenvalue weighted by molar-refractivity contribution is 0.535. The lowest BCUT2D eigenvalue weighted by Crippen LogP contribution is -2.00. The van der Waals surface area contributed by atoms with Crippen molar-refractivity contribution in [3.05, 3.63) is 60.7 Å². The Balaban J connectivity index is 1.92. The largest absolute Gasteiger partial charge is 0.346 e. The zero-order valence-electron chi connectivity index (χ0n) is 8.58. The van der Waals surface area contributed by atoms with Crippen LogP contribution in [0.2, 0.25) is 0 Å². The third-order valence-electron chi connectivity index (χ3n) is 2.00. The second-order valence-corrected chi connectivity index (χ2v) is 5.74. The van der Waals surface area contributed by atoms with E-state index in [2.05, 4.69) is 0 Å². The van der Waals surface area contributed by atoms with Crippen molar-refractivity contribution < 1.29 is 9.20 Å². The molecule has 0 aliphatic carbocycles. The van der Waals surface area contributed by atoms with Gasteiger partial charge in [-0.25, -0.2) is 0 Å². The summed E-state index contributed by atoms with van der Waals surface area (Å²) in [5, 5.41) is 1.95. The van der Waals surface area contributed by atoms with Crippen molar-refractivity contribution in [1.29, 1.82) is 0 Å². The molecule has 2 aromatic carbocycles. The van der Waals surface area contributed by atoms with E-state index in [1.54, 1.807) is 0 Å². The molecule has 4 heteroatoms. The van der Waals surface area contributed by atoms with Gasteiger partial charge in [0.1, 0.15) is 0 Å². The highest BCUT2D eigenvalue weighted by atomic mass is 31.2. The number of hydrogen-bond acceptors (Lipinski definition) is 2. The molecule has 0 aromatic heterocycles. The van der Waals surface area contributed by atoms with Crippen LogP contribution in [-0.4, -0.2) is 4.89 Å². The molecule has 0 heterocycles. The number of hydrogen-bond donors (Lipinski definition) is 1. The van der Waals surface area contributed by atoms with Gasteiger partial charge in [-0.2, -0.15) is 0 Å². The highest BCUT2D eigenvalue weighted by Gasteiger charge is 2.07. The van der Waals surface area contributed by atoms with Gasteiger partial charge < -0.3 is 9.20 Å². The second kappa shape index (κ2) is 6.08. The number of rotatable bonds is 4. The molecule has 2 atom stereocenters. The van der Waals surface area contributed by atoms with Gasteiger partial charge in [-0.15, -0.1) is 0 Å². The minimum Gasteiger partial charge on any atom is -0.346 e. The fourth-order valence-corrected chi connectivity index (χ4v) is 3.16. The van der Waals surface area contributed by atoms with E-state index < -0.39 is 8.38 Å². The summed E-state index contributed by atoms with van der Waals surface area (Å²) >= 11 is 0. The van der Waals surface area contributed by atoms with Crippen LogP contribution in [0.4, 0.5) is 0 Å². The van der Waals surface area contributed by atoms with Gasteiger partial charge in [-0.3, -0.25) is 0 Å². The van der Waals surface area contributed by atoms with Gasteiger partial charge in [-0.05, 0) is 17.4 Å². The Labute approximate surface area is 98.1 Å². The fraction of sp³-hybridized carbons (Fsp3) is 0. The summed E-state index contributed by atoms with van der Waals surface area (Å²) in [5.41, 5.74) is 0. The molecule has 0 spiro atoms. The zero-order chi connectivity index (χ0) is 11.2. The first-order valence-electron chi connectivity index (χ1n) is 4.88. The molecule has 2 nitrogen and oxygen atoms in total. The monoisotopic (exact) mass is 250 g/mol. The molecule has 0 bridgehead atoms. The molecule has 0 saturated heterocycles. The van der Waals surface area contributed by atoms with E-state index in [1.165, 1.54) is 0 Å². The van der Waals surface area contributed by atoms with Crippen molar-refractivity contribution >= 4 is 27.8 Å². The molecule has 2 rings (SSSR count). The highest BCUT2D eigenvalue weighted by Crippen LogP contribution is 2.38. The van der Waals surface area contributed by atoms with Gasteiger partial charge in [0.15, 0.2) is 0 Å². The highest BCUT2D eigenvalue weighted by molar-refractivity contribution is 7.63. The summed E-state index contributed by atoms with van der Waals surface area (Å²) in [7, 11) is -1.30. The van der Waals surface area contributed by atoms with Crippen molar-refractivity contribution in [1.82, 2.24) is 0 Å². The molecule has 2 unspecified atom stereocenters. The maximum atomic E-state index is 9.83. The van der Waals surface area contributed by atoms with Gasteiger partial charge in [-0.1, -0.05) is 48.5 Å². The average Bonchev–Trinajstić information content (AvgIpc) is 2.38. The molecule has 0 aliphatic heterocycles. The molecule has 82 valence electrons. The van der Waals surface area contributed by atoms with E-state index in [0.29, 0.717) is 0 Å². The Morgan fingerprint density at radius 2 is 1.44 bits per heavy atom. The van der Waals surface area contributed by atoms with Crippen molar-refractivity contribution in [3.8, 4) is 0 Å². The van der Waals surface area contributed by atoms with Crippen LogP contribution in [0, 0.1) is 0 Å². The quantitative estimate of drug-likeness (QED) is 0.845. The minimum absolute atomic E-state index is 0.189. The Morgan fingerprint density at radius 3 is 2.06 bits per heavy atom. The molecule has 0 radical (unpaired) electrons. The lowest BCUT2D eigenvalue weighted by Gasteiger charge is -2.10. The Morgan fingerprint density at radius 1 is 0.875 bits per heavy atom. The Kier molecular flexibility index (Phi) is 4.44. The van der Waals surface area contributed by atoms with E-state index in [4.69, 9.17) is 4.31 Å². The number of benzene rings is 2. The van der Waals surface area contributed by atoms with Gasteiger partial charge in [0.05, 0.1) is 8.81 Å². The van der Waals surface area contributed by atoms with Crippen molar-refractivity contribution in [2.24, 2.45) is 0 Å². The van der Waals surface area contributed by atoms with Crippen molar-refractivity contribution in [2.45, 2.75) is 0 Å². The van der Waals surface area contributed by atoms with Gasteiger partial charge >= 0.3 is 0 Å². The van der Waals surface area contributed by atoms with Crippen molar-refractivity contribution in [2.75, 3.05) is 0 Å².